The Morgan fingerprint density at radius 3 is 2.47 bits per heavy atom. The Morgan fingerprint density at radius 2 is 1.74 bits per heavy atom. The molecule has 0 saturated carbocycles. The summed E-state index contributed by atoms with van der Waals surface area (Å²) in [6.45, 7) is 8.26. The molecular weight excluding hydrogens is 600 g/mol. The van der Waals surface area contributed by atoms with E-state index in [0.29, 0.717) is 11.5 Å². The molecule has 0 fully saturated rings. The van der Waals surface area contributed by atoms with Gasteiger partial charge in [-0.25, -0.2) is 0 Å². The molecule has 1 heterocycles. The predicted octanol–water partition coefficient (Wildman–Crippen LogP) is 3.34. The molecule has 4 rings (SSSR count). The topological polar surface area (TPSA) is 155 Å². The van der Waals surface area contributed by atoms with Crippen molar-refractivity contribution in [3.05, 3.63) is 89.0 Å². The number of hydrogen-bond donors (Lipinski definition) is 5. The molecule has 0 spiro atoms. The number of aryl methyl sites for hydroxylation is 2. The zero-order valence-electron chi connectivity index (χ0n) is 27.3. The molecular formula is C36H44N4O7. The standard InChI is InChI=1S/C36H44N4O7/c1-22(2)30-21-47-32-8-6-5-7-27(32)34(43)39-28(35(44)37-17-18-46-31-15-9-23(3)19-24(31)4)14-16-33(42)38-29(36(45)40-30)20-25-10-12-26(41)13-11-25/h5-13,15,19,22,28-30,41H,14,16-18,20-21H2,1-4H3,(H,37,44)(H,38,42)(H,39,43)(H,40,45)/t28-,29-,30-/m0/s1. The summed E-state index contributed by atoms with van der Waals surface area (Å²) in [4.78, 5) is 53.6. The SMILES string of the molecule is Cc1ccc(OCCNC(=O)[C@@H]2CCC(=O)N[C@@H](Cc3ccc(O)cc3)C(=O)N[C@H](C(C)C)COc3ccccc3C(=O)N2)c(C)c1. The van der Waals surface area contributed by atoms with E-state index in [1.807, 2.05) is 45.9 Å². The van der Waals surface area contributed by atoms with Crippen molar-refractivity contribution >= 4 is 23.6 Å². The Bertz CT molecular complexity index is 1560. The van der Waals surface area contributed by atoms with Gasteiger partial charge >= 0.3 is 0 Å². The quantitative estimate of drug-likeness (QED) is 0.236. The maximum Gasteiger partial charge on any atom is 0.255 e. The number of nitrogens with one attached hydrogen (secondary N) is 4. The molecule has 1 aliphatic rings. The molecule has 3 atom stereocenters. The fourth-order valence-electron chi connectivity index (χ4n) is 5.19. The van der Waals surface area contributed by atoms with Gasteiger partial charge in [0.1, 0.15) is 42.5 Å². The number of hydrogen-bond acceptors (Lipinski definition) is 7. The molecule has 3 aromatic carbocycles. The lowest BCUT2D eigenvalue weighted by molar-refractivity contribution is -0.130. The van der Waals surface area contributed by atoms with Crippen molar-refractivity contribution in [2.45, 2.75) is 65.1 Å². The predicted molar refractivity (Wildman–Crippen MR) is 177 cm³/mol. The van der Waals surface area contributed by atoms with Crippen LogP contribution in [0.2, 0.25) is 0 Å². The van der Waals surface area contributed by atoms with E-state index in [-0.39, 0.29) is 56.3 Å². The third-order valence-corrected chi connectivity index (χ3v) is 7.98. The fourth-order valence-corrected chi connectivity index (χ4v) is 5.19. The van der Waals surface area contributed by atoms with E-state index in [9.17, 15) is 24.3 Å². The van der Waals surface area contributed by atoms with Crippen LogP contribution in [0.5, 0.6) is 17.2 Å². The fraction of sp³-hybridized carbons (Fsp3) is 0.389. The second-order valence-corrected chi connectivity index (χ2v) is 12.1. The van der Waals surface area contributed by atoms with Crippen LogP contribution in [0.1, 0.15) is 53.7 Å². The van der Waals surface area contributed by atoms with E-state index in [2.05, 4.69) is 21.3 Å². The van der Waals surface area contributed by atoms with Crippen LogP contribution in [0.25, 0.3) is 0 Å². The van der Waals surface area contributed by atoms with Crippen LogP contribution < -0.4 is 30.7 Å². The summed E-state index contributed by atoms with van der Waals surface area (Å²) in [7, 11) is 0. The maximum absolute atomic E-state index is 13.6. The van der Waals surface area contributed by atoms with Gasteiger partial charge in [0, 0.05) is 12.8 Å². The number of carbonyl (C=O) groups is 4. The molecule has 47 heavy (non-hydrogen) atoms. The number of para-hydroxylation sites is 1. The van der Waals surface area contributed by atoms with Gasteiger partial charge in [0.15, 0.2) is 0 Å². The Kier molecular flexibility index (Phi) is 12.2. The largest absolute Gasteiger partial charge is 0.508 e. The lowest BCUT2D eigenvalue weighted by Crippen LogP contribution is -2.53. The molecule has 5 N–H and O–H groups in total. The zero-order valence-corrected chi connectivity index (χ0v) is 27.3. The smallest absolute Gasteiger partial charge is 0.255 e. The Hall–Kier alpha value is -5.06. The average Bonchev–Trinajstić information content (AvgIpc) is 3.04. The minimum atomic E-state index is -1.06. The normalized spacial score (nSPS) is 19.2. The molecule has 0 aliphatic carbocycles. The minimum Gasteiger partial charge on any atom is -0.508 e. The van der Waals surface area contributed by atoms with E-state index in [1.165, 1.54) is 12.1 Å². The highest BCUT2D eigenvalue weighted by Crippen LogP contribution is 2.21. The van der Waals surface area contributed by atoms with Gasteiger partial charge in [-0.1, -0.05) is 55.8 Å². The Morgan fingerprint density at radius 1 is 1.00 bits per heavy atom. The number of ether oxygens (including phenoxy) is 2. The van der Waals surface area contributed by atoms with Crippen LogP contribution in [-0.4, -0.2) is 66.6 Å². The van der Waals surface area contributed by atoms with Gasteiger partial charge in [0.25, 0.3) is 5.91 Å². The van der Waals surface area contributed by atoms with Crippen molar-refractivity contribution in [1.82, 2.24) is 21.3 Å². The van der Waals surface area contributed by atoms with Crippen LogP contribution >= 0.6 is 0 Å². The highest BCUT2D eigenvalue weighted by atomic mass is 16.5. The molecule has 0 aromatic heterocycles. The highest BCUT2D eigenvalue weighted by molar-refractivity contribution is 5.99. The van der Waals surface area contributed by atoms with Gasteiger partial charge in [-0.3, -0.25) is 19.2 Å². The van der Waals surface area contributed by atoms with Gasteiger partial charge in [0.05, 0.1) is 18.2 Å². The van der Waals surface area contributed by atoms with Gasteiger partial charge < -0.3 is 35.8 Å². The first-order valence-electron chi connectivity index (χ1n) is 15.9. The number of amides is 4. The van der Waals surface area contributed by atoms with Crippen LogP contribution in [0, 0.1) is 19.8 Å². The summed E-state index contributed by atoms with van der Waals surface area (Å²) in [5, 5.41) is 21.1. The lowest BCUT2D eigenvalue weighted by Gasteiger charge is -2.26. The van der Waals surface area contributed by atoms with Gasteiger partial charge in [-0.2, -0.15) is 0 Å². The number of aromatic hydroxyl groups is 1. The summed E-state index contributed by atoms with van der Waals surface area (Å²) < 4.78 is 11.9. The molecule has 0 radical (unpaired) electrons. The number of benzene rings is 3. The Balaban J connectivity index is 1.53. The second-order valence-electron chi connectivity index (χ2n) is 12.1. The monoisotopic (exact) mass is 644 g/mol. The number of phenolic OH excluding ortho intramolecular Hbond substituents is 1. The highest BCUT2D eigenvalue weighted by Gasteiger charge is 2.29. The number of rotatable bonds is 8. The molecule has 0 bridgehead atoms. The van der Waals surface area contributed by atoms with Crippen molar-refractivity contribution in [2.24, 2.45) is 5.92 Å². The molecule has 0 saturated heterocycles. The van der Waals surface area contributed by atoms with Gasteiger partial charge in [-0.05, 0) is 67.6 Å². The van der Waals surface area contributed by atoms with E-state index in [1.54, 1.807) is 36.4 Å². The van der Waals surface area contributed by atoms with Crippen LogP contribution in [0.4, 0.5) is 0 Å². The first-order chi connectivity index (χ1) is 22.5. The van der Waals surface area contributed by atoms with Crippen molar-refractivity contribution in [1.29, 1.82) is 0 Å². The van der Waals surface area contributed by atoms with Crippen LogP contribution in [0.3, 0.4) is 0 Å². The van der Waals surface area contributed by atoms with Crippen molar-refractivity contribution in [3.8, 4) is 17.2 Å². The first kappa shape index (κ1) is 34.8. The summed E-state index contributed by atoms with van der Waals surface area (Å²) in [5.41, 5.74) is 3.06. The van der Waals surface area contributed by atoms with Crippen LogP contribution in [0.15, 0.2) is 66.7 Å². The second kappa shape index (κ2) is 16.5. The summed E-state index contributed by atoms with van der Waals surface area (Å²) in [5.74, 6) is -0.792. The van der Waals surface area contributed by atoms with E-state index in [0.717, 1.165) is 16.7 Å². The molecule has 11 nitrogen and oxygen atoms in total. The van der Waals surface area contributed by atoms with Gasteiger partial charge in [0.2, 0.25) is 17.7 Å². The van der Waals surface area contributed by atoms with E-state index in [4.69, 9.17) is 9.47 Å². The summed E-state index contributed by atoms with van der Waals surface area (Å²) in [6.07, 6.45) is 0.0164. The molecule has 1 aliphatic heterocycles. The molecule has 250 valence electrons. The number of phenols is 1. The van der Waals surface area contributed by atoms with Crippen LogP contribution in [-0.2, 0) is 20.8 Å². The molecule has 4 amide bonds. The minimum absolute atomic E-state index is 0.0213. The number of carbonyl (C=O) groups excluding carboxylic acids is 4. The third-order valence-electron chi connectivity index (χ3n) is 7.98. The van der Waals surface area contributed by atoms with Gasteiger partial charge in [-0.15, -0.1) is 0 Å². The zero-order chi connectivity index (χ0) is 33.9. The third kappa shape index (κ3) is 10.2. The van der Waals surface area contributed by atoms with Crippen molar-refractivity contribution < 1.29 is 33.8 Å². The summed E-state index contributed by atoms with van der Waals surface area (Å²) in [6, 6.07) is 16.5. The van der Waals surface area contributed by atoms with E-state index >= 15 is 0 Å². The summed E-state index contributed by atoms with van der Waals surface area (Å²) >= 11 is 0. The maximum atomic E-state index is 13.6. The molecule has 0 unspecified atom stereocenters. The molecule has 11 heteroatoms. The van der Waals surface area contributed by atoms with Crippen molar-refractivity contribution in [3.63, 3.8) is 0 Å². The first-order valence-corrected chi connectivity index (χ1v) is 15.9. The average molecular weight is 645 g/mol. The van der Waals surface area contributed by atoms with Crippen molar-refractivity contribution in [2.75, 3.05) is 19.8 Å². The molecule has 3 aromatic rings. The number of fused-ring (bicyclic) bond motifs is 1. The Labute approximate surface area is 275 Å². The van der Waals surface area contributed by atoms with E-state index < -0.39 is 41.8 Å². The lowest BCUT2D eigenvalue weighted by atomic mass is 10.0.